The lowest BCUT2D eigenvalue weighted by atomic mass is 9.89. The van der Waals surface area contributed by atoms with Crippen molar-refractivity contribution in [3.63, 3.8) is 0 Å². The lowest BCUT2D eigenvalue weighted by molar-refractivity contribution is 0.222. The van der Waals surface area contributed by atoms with Crippen molar-refractivity contribution < 1.29 is 4.74 Å². The molecule has 2 rings (SSSR count). The molecule has 0 atom stereocenters. The largest absolute Gasteiger partial charge is 0.461 e. The molecule has 7 nitrogen and oxygen atoms in total. The van der Waals surface area contributed by atoms with E-state index in [0.717, 1.165) is 6.54 Å². The molecule has 0 aromatic carbocycles. The van der Waals surface area contributed by atoms with Crippen LogP contribution >= 0.6 is 0 Å². The molecule has 112 valence electrons. The van der Waals surface area contributed by atoms with E-state index in [1.54, 1.807) is 0 Å². The maximum atomic E-state index is 5.50. The average molecular weight is 280 g/mol. The van der Waals surface area contributed by atoms with Gasteiger partial charge in [-0.05, 0) is 32.1 Å². The minimum Gasteiger partial charge on any atom is -0.461 e. The van der Waals surface area contributed by atoms with Crippen molar-refractivity contribution >= 4 is 11.9 Å². The summed E-state index contributed by atoms with van der Waals surface area (Å²) in [6.07, 6.45) is 5.08. The van der Waals surface area contributed by atoms with Crippen LogP contribution in [0, 0.1) is 5.41 Å². The van der Waals surface area contributed by atoms with E-state index < -0.39 is 0 Å². The van der Waals surface area contributed by atoms with Gasteiger partial charge in [-0.2, -0.15) is 15.0 Å². The summed E-state index contributed by atoms with van der Waals surface area (Å²) < 4.78 is 5.50. The maximum Gasteiger partial charge on any atom is 0.323 e. The average Bonchev–Trinajstić information content (AvgIpc) is 2.83. The number of nitrogen functional groups attached to an aromatic ring is 1. The summed E-state index contributed by atoms with van der Waals surface area (Å²) >= 11 is 0. The molecule has 1 aromatic rings. The molecule has 0 saturated heterocycles. The van der Waals surface area contributed by atoms with Crippen molar-refractivity contribution in [3.05, 3.63) is 0 Å². The Labute approximate surface area is 119 Å². The number of hydrogen-bond acceptors (Lipinski definition) is 7. The third-order valence-electron chi connectivity index (χ3n) is 3.57. The van der Waals surface area contributed by atoms with Gasteiger partial charge in [-0.3, -0.25) is 5.43 Å². The Kier molecular flexibility index (Phi) is 4.59. The van der Waals surface area contributed by atoms with E-state index >= 15 is 0 Å². The van der Waals surface area contributed by atoms with Crippen molar-refractivity contribution in [2.75, 3.05) is 17.3 Å². The molecule has 0 bridgehead atoms. The van der Waals surface area contributed by atoms with Gasteiger partial charge in [-0.15, -0.1) is 0 Å². The molecule has 0 amide bonds. The maximum absolute atomic E-state index is 5.50. The van der Waals surface area contributed by atoms with Crippen LogP contribution in [0.1, 0.15) is 46.5 Å². The van der Waals surface area contributed by atoms with E-state index in [1.165, 1.54) is 25.7 Å². The Hall–Kier alpha value is -1.63. The number of rotatable bonds is 6. The second kappa shape index (κ2) is 6.21. The molecule has 4 N–H and O–H groups in total. The molecule has 1 fully saturated rings. The van der Waals surface area contributed by atoms with Crippen LogP contribution in [0.5, 0.6) is 6.01 Å². The smallest absolute Gasteiger partial charge is 0.323 e. The van der Waals surface area contributed by atoms with Crippen molar-refractivity contribution in [3.8, 4) is 6.01 Å². The van der Waals surface area contributed by atoms with Crippen LogP contribution in [-0.4, -0.2) is 27.6 Å². The highest BCUT2D eigenvalue weighted by atomic mass is 16.5. The Bertz CT molecular complexity index is 444. The molecule has 1 aliphatic rings. The van der Waals surface area contributed by atoms with Crippen molar-refractivity contribution in [1.29, 1.82) is 0 Å². The number of aromatic nitrogens is 3. The summed E-state index contributed by atoms with van der Waals surface area (Å²) in [7, 11) is 0. The minimum atomic E-state index is 0.00299. The molecular weight excluding hydrogens is 256 g/mol. The molecule has 1 heterocycles. The van der Waals surface area contributed by atoms with Crippen LogP contribution in [0.2, 0.25) is 0 Å². The number of nitrogens with one attached hydrogen (secondary N) is 2. The zero-order valence-electron chi connectivity index (χ0n) is 12.4. The van der Waals surface area contributed by atoms with Gasteiger partial charge in [0.15, 0.2) is 0 Å². The predicted molar refractivity (Wildman–Crippen MR) is 78.5 cm³/mol. The topological polar surface area (TPSA) is 98.0 Å². The van der Waals surface area contributed by atoms with E-state index in [0.29, 0.717) is 17.3 Å². The summed E-state index contributed by atoms with van der Waals surface area (Å²) in [5, 5.41) is 3.28. The van der Waals surface area contributed by atoms with Crippen LogP contribution in [0.25, 0.3) is 0 Å². The number of ether oxygens (including phenoxy) is 1. The second-order valence-corrected chi connectivity index (χ2v) is 5.95. The Balaban J connectivity index is 2.05. The van der Waals surface area contributed by atoms with Crippen molar-refractivity contribution in [2.45, 2.75) is 52.6 Å². The Morgan fingerprint density at radius 1 is 1.20 bits per heavy atom. The van der Waals surface area contributed by atoms with Gasteiger partial charge in [-0.25, -0.2) is 5.84 Å². The lowest BCUT2D eigenvalue weighted by Gasteiger charge is -2.23. The van der Waals surface area contributed by atoms with Gasteiger partial charge in [0.2, 0.25) is 11.9 Å². The van der Waals surface area contributed by atoms with Crippen molar-refractivity contribution in [2.24, 2.45) is 11.3 Å². The molecular formula is C13H24N6O. The molecule has 1 aromatic heterocycles. The van der Waals surface area contributed by atoms with Gasteiger partial charge < -0.3 is 10.1 Å². The molecule has 0 radical (unpaired) electrons. The standard InChI is InChI=1S/C13H24N6O/c1-9(2)20-12-17-10(16-11(18-12)19-14)15-8-13(3)6-4-5-7-13/h9H,4-8,14H2,1-3H3,(H2,15,16,17,18,19). The van der Waals surface area contributed by atoms with E-state index in [2.05, 4.69) is 32.6 Å². The summed E-state index contributed by atoms with van der Waals surface area (Å²) in [6, 6.07) is 0.280. The van der Waals surface area contributed by atoms with Gasteiger partial charge in [0, 0.05) is 6.54 Å². The number of nitrogens with zero attached hydrogens (tertiary/aromatic N) is 3. The molecule has 7 heteroatoms. The highest BCUT2D eigenvalue weighted by Crippen LogP contribution is 2.37. The monoisotopic (exact) mass is 280 g/mol. The Morgan fingerprint density at radius 2 is 1.85 bits per heavy atom. The van der Waals surface area contributed by atoms with Crippen molar-refractivity contribution in [1.82, 2.24) is 15.0 Å². The summed E-state index contributed by atoms with van der Waals surface area (Å²) in [5.74, 6) is 6.17. The molecule has 1 saturated carbocycles. The normalized spacial score (nSPS) is 17.2. The first-order valence-electron chi connectivity index (χ1n) is 7.14. The number of hydrazine groups is 1. The number of anilines is 2. The Morgan fingerprint density at radius 3 is 2.45 bits per heavy atom. The summed E-state index contributed by atoms with van der Waals surface area (Å²) in [5.41, 5.74) is 2.76. The van der Waals surface area contributed by atoms with E-state index in [1.807, 2.05) is 13.8 Å². The summed E-state index contributed by atoms with van der Waals surface area (Å²) in [6.45, 7) is 6.99. The third kappa shape index (κ3) is 3.93. The molecule has 20 heavy (non-hydrogen) atoms. The number of hydrogen-bond donors (Lipinski definition) is 3. The summed E-state index contributed by atoms with van der Waals surface area (Å²) in [4.78, 5) is 12.5. The minimum absolute atomic E-state index is 0.00299. The highest BCUT2D eigenvalue weighted by Gasteiger charge is 2.28. The molecule has 0 spiro atoms. The predicted octanol–water partition coefficient (Wildman–Crippen LogP) is 1.94. The van der Waals surface area contributed by atoms with E-state index in [-0.39, 0.29) is 12.1 Å². The SMILES string of the molecule is CC(C)Oc1nc(NN)nc(NCC2(C)CCCC2)n1. The second-order valence-electron chi connectivity index (χ2n) is 5.95. The van der Waals surface area contributed by atoms with Gasteiger partial charge >= 0.3 is 6.01 Å². The van der Waals surface area contributed by atoms with E-state index in [4.69, 9.17) is 10.6 Å². The zero-order valence-corrected chi connectivity index (χ0v) is 12.4. The van der Waals surface area contributed by atoms with Gasteiger partial charge in [0.25, 0.3) is 0 Å². The van der Waals surface area contributed by atoms with Crippen LogP contribution in [0.3, 0.4) is 0 Å². The first kappa shape index (κ1) is 14.8. The third-order valence-corrected chi connectivity index (χ3v) is 3.57. The fourth-order valence-corrected chi connectivity index (χ4v) is 2.46. The van der Waals surface area contributed by atoms with Crippen LogP contribution < -0.4 is 21.3 Å². The lowest BCUT2D eigenvalue weighted by Crippen LogP contribution is -2.24. The van der Waals surface area contributed by atoms with Crippen LogP contribution in [0.15, 0.2) is 0 Å². The van der Waals surface area contributed by atoms with Crippen LogP contribution in [-0.2, 0) is 0 Å². The molecule has 0 aliphatic heterocycles. The fraction of sp³-hybridized carbons (Fsp3) is 0.769. The van der Waals surface area contributed by atoms with Gasteiger partial charge in [0.1, 0.15) is 0 Å². The van der Waals surface area contributed by atoms with Gasteiger partial charge in [0.05, 0.1) is 6.10 Å². The first-order chi connectivity index (χ1) is 9.50. The quantitative estimate of drug-likeness (QED) is 0.541. The molecule has 0 unspecified atom stereocenters. The molecule has 1 aliphatic carbocycles. The fourth-order valence-electron chi connectivity index (χ4n) is 2.46. The first-order valence-corrected chi connectivity index (χ1v) is 7.14. The number of nitrogens with two attached hydrogens (primary N) is 1. The zero-order chi connectivity index (χ0) is 14.6. The van der Waals surface area contributed by atoms with E-state index in [9.17, 15) is 0 Å². The van der Waals surface area contributed by atoms with Gasteiger partial charge in [-0.1, -0.05) is 19.8 Å². The van der Waals surface area contributed by atoms with Crippen LogP contribution in [0.4, 0.5) is 11.9 Å². The highest BCUT2D eigenvalue weighted by molar-refractivity contribution is 5.35.